The van der Waals surface area contributed by atoms with E-state index in [2.05, 4.69) is 16.8 Å². The minimum atomic E-state index is -0.470. The van der Waals surface area contributed by atoms with Gasteiger partial charge in [-0.3, -0.25) is 0 Å². The molecule has 8 nitrogen and oxygen atoms in total. The van der Waals surface area contributed by atoms with Crippen LogP contribution in [0, 0.1) is 0 Å². The van der Waals surface area contributed by atoms with E-state index in [9.17, 15) is 14.7 Å². The first-order valence-corrected chi connectivity index (χ1v) is 8.70. The molecular formula is C20H19N3O5. The Bertz CT molecular complexity index is 1010. The highest BCUT2D eigenvalue weighted by Crippen LogP contribution is 2.21. The van der Waals surface area contributed by atoms with E-state index in [0.29, 0.717) is 35.1 Å². The fourth-order valence-electron chi connectivity index (χ4n) is 2.47. The summed E-state index contributed by atoms with van der Waals surface area (Å²) in [6.07, 6.45) is 2.26. The Morgan fingerprint density at radius 3 is 2.50 bits per heavy atom. The molecule has 0 atom stereocenters. The zero-order valence-corrected chi connectivity index (χ0v) is 15.1. The van der Waals surface area contributed by atoms with E-state index in [1.807, 2.05) is 0 Å². The van der Waals surface area contributed by atoms with Crippen LogP contribution in [-0.4, -0.2) is 45.3 Å². The van der Waals surface area contributed by atoms with Crippen molar-refractivity contribution in [3.05, 3.63) is 60.7 Å². The summed E-state index contributed by atoms with van der Waals surface area (Å²) in [5.74, 6) is -0.884. The van der Waals surface area contributed by atoms with Crippen LogP contribution in [0.1, 0.15) is 23.2 Å². The van der Waals surface area contributed by atoms with Gasteiger partial charge in [-0.2, -0.15) is 0 Å². The minimum Gasteiger partial charge on any atom is -0.506 e. The van der Waals surface area contributed by atoms with E-state index in [0.717, 1.165) is 6.08 Å². The number of rotatable bonds is 8. The van der Waals surface area contributed by atoms with Gasteiger partial charge in [0.2, 0.25) is 0 Å². The second-order valence-corrected chi connectivity index (χ2v) is 5.90. The fourth-order valence-corrected chi connectivity index (χ4v) is 2.47. The number of phenolic OH excluding ortho intramolecular Hbond substituents is 1. The van der Waals surface area contributed by atoms with Crippen LogP contribution < -0.4 is 0 Å². The number of benzene rings is 2. The molecule has 0 unspecified atom stereocenters. The standard InChI is InChI=1S/C20H19N3O5/c1-2-19(25)27-11-5-6-12-28-20(26)14-9-10-15-16(13-14)22-23(21-15)17-7-3-4-8-18(17)24/h2-4,7-10,13,24H,1,5-6,11-12H2. The molecule has 0 spiro atoms. The van der Waals surface area contributed by atoms with Crippen LogP contribution in [-0.2, 0) is 14.3 Å². The lowest BCUT2D eigenvalue weighted by atomic mass is 10.2. The molecule has 0 radical (unpaired) electrons. The Balaban J connectivity index is 1.59. The highest BCUT2D eigenvalue weighted by molar-refractivity contribution is 5.93. The van der Waals surface area contributed by atoms with Crippen LogP contribution in [0.2, 0.25) is 0 Å². The molecule has 3 aromatic rings. The highest BCUT2D eigenvalue weighted by Gasteiger charge is 2.12. The molecule has 28 heavy (non-hydrogen) atoms. The first kappa shape index (κ1) is 19.1. The molecule has 0 saturated carbocycles. The third-order valence-corrected chi connectivity index (χ3v) is 3.90. The molecule has 1 aromatic heterocycles. The number of ether oxygens (including phenoxy) is 2. The predicted octanol–water partition coefficient (Wildman–Crippen LogP) is 2.79. The number of hydrogen-bond donors (Lipinski definition) is 1. The van der Waals surface area contributed by atoms with E-state index in [-0.39, 0.29) is 19.0 Å². The average molecular weight is 381 g/mol. The summed E-state index contributed by atoms with van der Waals surface area (Å²) >= 11 is 0. The number of para-hydroxylation sites is 2. The molecule has 144 valence electrons. The lowest BCUT2D eigenvalue weighted by molar-refractivity contribution is -0.137. The predicted molar refractivity (Wildman–Crippen MR) is 101 cm³/mol. The second-order valence-electron chi connectivity index (χ2n) is 5.90. The molecule has 0 aliphatic rings. The number of aromatic nitrogens is 3. The van der Waals surface area contributed by atoms with E-state index in [4.69, 9.17) is 9.47 Å². The Hall–Kier alpha value is -3.68. The smallest absolute Gasteiger partial charge is 0.338 e. The Morgan fingerprint density at radius 1 is 1.04 bits per heavy atom. The SMILES string of the molecule is C=CC(=O)OCCCCOC(=O)c1ccc2nn(-c3ccccc3O)nc2c1. The number of carbonyl (C=O) groups is 2. The summed E-state index contributed by atoms with van der Waals surface area (Å²) in [5.41, 5.74) is 1.90. The molecule has 0 saturated heterocycles. The van der Waals surface area contributed by atoms with Crippen molar-refractivity contribution < 1.29 is 24.2 Å². The summed E-state index contributed by atoms with van der Waals surface area (Å²) in [5, 5.41) is 18.5. The molecule has 2 aromatic carbocycles. The number of carbonyl (C=O) groups excluding carboxylic acids is 2. The van der Waals surface area contributed by atoms with Crippen LogP contribution in [0.5, 0.6) is 5.75 Å². The van der Waals surface area contributed by atoms with Crippen molar-refractivity contribution in [3.8, 4) is 11.4 Å². The Labute approximate surface area is 161 Å². The molecule has 0 bridgehead atoms. The zero-order valence-electron chi connectivity index (χ0n) is 15.1. The number of phenols is 1. The van der Waals surface area contributed by atoms with Gasteiger partial charge in [0, 0.05) is 6.08 Å². The molecule has 0 aliphatic heterocycles. The van der Waals surface area contributed by atoms with Gasteiger partial charge in [0.15, 0.2) is 0 Å². The first-order chi connectivity index (χ1) is 13.6. The summed E-state index contributed by atoms with van der Waals surface area (Å²) in [4.78, 5) is 24.4. The van der Waals surface area contributed by atoms with Gasteiger partial charge in [-0.15, -0.1) is 15.0 Å². The molecule has 1 N–H and O–H groups in total. The fraction of sp³-hybridized carbons (Fsp3) is 0.200. The third-order valence-electron chi connectivity index (χ3n) is 3.90. The maximum atomic E-state index is 12.2. The summed E-state index contributed by atoms with van der Waals surface area (Å²) < 4.78 is 10.1. The van der Waals surface area contributed by atoms with Gasteiger partial charge in [-0.25, -0.2) is 9.59 Å². The average Bonchev–Trinajstić information content (AvgIpc) is 3.13. The van der Waals surface area contributed by atoms with Crippen LogP contribution >= 0.6 is 0 Å². The van der Waals surface area contributed by atoms with Crippen LogP contribution in [0.4, 0.5) is 0 Å². The first-order valence-electron chi connectivity index (χ1n) is 8.70. The van der Waals surface area contributed by atoms with Gasteiger partial charge >= 0.3 is 11.9 Å². The van der Waals surface area contributed by atoms with Gasteiger partial charge in [0.25, 0.3) is 0 Å². The van der Waals surface area contributed by atoms with Crippen molar-refractivity contribution in [1.82, 2.24) is 15.0 Å². The van der Waals surface area contributed by atoms with Gasteiger partial charge in [0.05, 0.1) is 18.8 Å². The molecule has 0 fully saturated rings. The van der Waals surface area contributed by atoms with Crippen molar-refractivity contribution in [2.45, 2.75) is 12.8 Å². The summed E-state index contributed by atoms with van der Waals surface area (Å²) in [7, 11) is 0. The maximum absolute atomic E-state index is 12.2. The number of unbranched alkanes of at least 4 members (excludes halogenated alkanes) is 1. The summed E-state index contributed by atoms with van der Waals surface area (Å²) in [6, 6.07) is 11.6. The molecular weight excluding hydrogens is 362 g/mol. The zero-order chi connectivity index (χ0) is 19.9. The number of nitrogens with zero attached hydrogens (tertiary/aromatic N) is 3. The topological polar surface area (TPSA) is 104 Å². The molecule has 1 heterocycles. The van der Waals surface area contributed by atoms with Crippen molar-refractivity contribution in [2.24, 2.45) is 0 Å². The van der Waals surface area contributed by atoms with Crippen molar-refractivity contribution >= 4 is 23.0 Å². The maximum Gasteiger partial charge on any atom is 0.338 e. The second kappa shape index (κ2) is 8.81. The van der Waals surface area contributed by atoms with Crippen molar-refractivity contribution in [3.63, 3.8) is 0 Å². The van der Waals surface area contributed by atoms with Crippen molar-refractivity contribution in [1.29, 1.82) is 0 Å². The van der Waals surface area contributed by atoms with Crippen LogP contribution in [0.25, 0.3) is 16.7 Å². The minimum absolute atomic E-state index is 0.0567. The number of esters is 2. The molecule has 3 rings (SSSR count). The van der Waals surface area contributed by atoms with Crippen LogP contribution in [0.15, 0.2) is 55.1 Å². The Kier molecular flexibility index (Phi) is 6.01. The molecule has 0 aliphatic carbocycles. The quantitative estimate of drug-likeness (QED) is 0.363. The molecule has 8 heteroatoms. The van der Waals surface area contributed by atoms with Gasteiger partial charge in [-0.05, 0) is 43.2 Å². The highest BCUT2D eigenvalue weighted by atomic mass is 16.5. The largest absolute Gasteiger partial charge is 0.506 e. The number of hydrogen-bond acceptors (Lipinski definition) is 7. The van der Waals surface area contributed by atoms with E-state index in [1.165, 1.54) is 4.80 Å². The van der Waals surface area contributed by atoms with E-state index in [1.54, 1.807) is 42.5 Å². The van der Waals surface area contributed by atoms with Gasteiger partial charge in [0.1, 0.15) is 22.5 Å². The summed E-state index contributed by atoms with van der Waals surface area (Å²) in [6.45, 7) is 3.78. The molecule has 0 amide bonds. The lowest BCUT2D eigenvalue weighted by Gasteiger charge is -2.05. The van der Waals surface area contributed by atoms with Gasteiger partial charge < -0.3 is 14.6 Å². The van der Waals surface area contributed by atoms with E-state index >= 15 is 0 Å². The van der Waals surface area contributed by atoms with Crippen molar-refractivity contribution in [2.75, 3.05) is 13.2 Å². The number of fused-ring (bicyclic) bond motifs is 1. The third kappa shape index (κ3) is 4.53. The normalized spacial score (nSPS) is 10.6. The monoisotopic (exact) mass is 381 g/mol. The Morgan fingerprint density at radius 2 is 1.75 bits per heavy atom. The lowest BCUT2D eigenvalue weighted by Crippen LogP contribution is -2.08. The van der Waals surface area contributed by atoms with E-state index < -0.39 is 11.9 Å². The van der Waals surface area contributed by atoms with Crippen LogP contribution in [0.3, 0.4) is 0 Å². The van der Waals surface area contributed by atoms with Gasteiger partial charge in [-0.1, -0.05) is 18.7 Å². The number of aromatic hydroxyl groups is 1.